The topological polar surface area (TPSA) is 126 Å². The number of anilines is 2. The van der Waals surface area contributed by atoms with Crippen LogP contribution in [0.1, 0.15) is 40.5 Å². The molecule has 1 fully saturated rings. The van der Waals surface area contributed by atoms with Crippen LogP contribution < -0.4 is 10.2 Å². The average Bonchev–Trinajstić information content (AvgIpc) is 3.56. The molecule has 1 aromatic carbocycles. The van der Waals surface area contributed by atoms with E-state index < -0.39 is 17.5 Å². The second kappa shape index (κ2) is 9.72. The summed E-state index contributed by atoms with van der Waals surface area (Å²) in [6.07, 6.45) is 6.12. The maximum absolute atomic E-state index is 14.5. The molecule has 0 spiro atoms. The van der Waals surface area contributed by atoms with Crippen LogP contribution in [0.4, 0.5) is 20.2 Å². The molecule has 0 radical (unpaired) electrons. The molecule has 1 amide bonds. The molecule has 0 saturated carbocycles. The van der Waals surface area contributed by atoms with Crippen LogP contribution in [-0.2, 0) is 0 Å². The number of aromatic nitrogens is 3. The monoisotopic (exact) mass is 503 g/mol. The van der Waals surface area contributed by atoms with Gasteiger partial charge in [0.2, 0.25) is 0 Å². The third kappa shape index (κ3) is 4.60. The number of rotatable bonds is 6. The summed E-state index contributed by atoms with van der Waals surface area (Å²) in [7, 11) is 1.46. The SMILES string of the molecule is CN(N=N)C(=N)c1ccc(NC(=O)c2cnn3ccc(N4CCC[C@@H]4c4cc(F)ccc4F)cc23)cn1. The highest BCUT2D eigenvalue weighted by atomic mass is 19.1. The van der Waals surface area contributed by atoms with Crippen molar-refractivity contribution in [2.24, 2.45) is 5.22 Å². The van der Waals surface area contributed by atoms with E-state index in [-0.39, 0.29) is 11.9 Å². The number of carbonyl (C=O) groups is 1. The van der Waals surface area contributed by atoms with E-state index in [1.165, 1.54) is 25.5 Å². The number of hydrogen-bond acceptors (Lipinski definition) is 7. The molecule has 0 aliphatic carbocycles. The predicted octanol–water partition coefficient (Wildman–Crippen LogP) is 4.80. The molecule has 37 heavy (non-hydrogen) atoms. The first-order chi connectivity index (χ1) is 17.9. The minimum Gasteiger partial charge on any atom is -0.364 e. The Morgan fingerprint density at radius 2 is 2.03 bits per heavy atom. The lowest BCUT2D eigenvalue weighted by molar-refractivity contribution is 0.102. The number of pyridine rings is 2. The van der Waals surface area contributed by atoms with Crippen LogP contribution in [-0.4, -0.2) is 44.9 Å². The van der Waals surface area contributed by atoms with Crippen molar-refractivity contribution in [3.63, 3.8) is 0 Å². The summed E-state index contributed by atoms with van der Waals surface area (Å²) in [6, 6.07) is 10.0. The summed E-state index contributed by atoms with van der Waals surface area (Å²) >= 11 is 0. The zero-order valence-corrected chi connectivity index (χ0v) is 19.8. The zero-order valence-electron chi connectivity index (χ0n) is 19.8. The van der Waals surface area contributed by atoms with E-state index in [1.807, 2.05) is 17.0 Å². The van der Waals surface area contributed by atoms with Crippen LogP contribution in [0.25, 0.3) is 5.52 Å². The Kier molecular flexibility index (Phi) is 6.30. The standard InChI is InChI=1S/C25H23F2N9O/c1-34(33-29)24(28)21-7-5-16(13-30-21)32-25(37)19-14-31-36-10-8-17(12-23(19)36)35-9-2-3-22(35)18-11-15(26)4-6-20(18)27/h4-8,10-14,22,28-29H,2-3,9H2,1H3,(H,32,37)/t22-/m1/s1. The number of amides is 1. The average molecular weight is 504 g/mol. The van der Waals surface area contributed by atoms with Gasteiger partial charge in [-0.3, -0.25) is 15.2 Å². The lowest BCUT2D eigenvalue weighted by Crippen LogP contribution is -2.23. The Balaban J connectivity index is 1.39. The van der Waals surface area contributed by atoms with Gasteiger partial charge in [0.1, 0.15) is 17.3 Å². The third-order valence-electron chi connectivity index (χ3n) is 6.39. The van der Waals surface area contributed by atoms with Gasteiger partial charge in [0, 0.05) is 31.0 Å². The summed E-state index contributed by atoms with van der Waals surface area (Å²) in [5.74, 6) is -1.38. The summed E-state index contributed by atoms with van der Waals surface area (Å²) in [4.78, 5) is 19.2. The van der Waals surface area contributed by atoms with E-state index in [1.54, 1.807) is 22.8 Å². The van der Waals surface area contributed by atoms with Crippen molar-refractivity contribution in [3.05, 3.63) is 89.5 Å². The number of nitrogens with one attached hydrogen (secondary N) is 3. The van der Waals surface area contributed by atoms with Gasteiger partial charge in [-0.1, -0.05) is 5.22 Å². The van der Waals surface area contributed by atoms with E-state index in [0.717, 1.165) is 29.2 Å². The molecule has 1 aliphatic rings. The minimum absolute atomic E-state index is 0.0543. The van der Waals surface area contributed by atoms with Crippen LogP contribution in [0.5, 0.6) is 0 Å². The molecule has 0 bridgehead atoms. The first kappa shape index (κ1) is 24.0. The Morgan fingerprint density at radius 1 is 1.19 bits per heavy atom. The highest BCUT2D eigenvalue weighted by Gasteiger charge is 2.29. The largest absolute Gasteiger partial charge is 0.364 e. The number of amidine groups is 1. The van der Waals surface area contributed by atoms with E-state index in [2.05, 4.69) is 20.6 Å². The fourth-order valence-electron chi connectivity index (χ4n) is 4.51. The quantitative estimate of drug-likeness (QED) is 0.151. The highest BCUT2D eigenvalue weighted by Crippen LogP contribution is 2.38. The van der Waals surface area contributed by atoms with Gasteiger partial charge in [-0.25, -0.2) is 18.3 Å². The molecule has 1 aliphatic heterocycles. The van der Waals surface area contributed by atoms with Crippen molar-refractivity contribution in [1.82, 2.24) is 19.6 Å². The smallest absolute Gasteiger partial charge is 0.259 e. The fraction of sp³-hybridized carbons (Fsp3) is 0.200. The molecule has 4 aromatic rings. The molecule has 12 heteroatoms. The Labute approximate surface area is 210 Å². The highest BCUT2D eigenvalue weighted by molar-refractivity contribution is 6.09. The predicted molar refractivity (Wildman–Crippen MR) is 133 cm³/mol. The Hall–Kier alpha value is -4.74. The maximum atomic E-state index is 14.5. The van der Waals surface area contributed by atoms with Gasteiger partial charge < -0.3 is 10.2 Å². The van der Waals surface area contributed by atoms with Crippen molar-refractivity contribution in [1.29, 1.82) is 10.9 Å². The first-order valence-corrected chi connectivity index (χ1v) is 11.5. The fourth-order valence-corrected chi connectivity index (χ4v) is 4.51. The molecular weight excluding hydrogens is 480 g/mol. The minimum atomic E-state index is -0.480. The normalized spacial score (nSPS) is 15.1. The van der Waals surface area contributed by atoms with Gasteiger partial charge in [0.25, 0.3) is 5.91 Å². The number of benzene rings is 1. The Morgan fingerprint density at radius 3 is 2.78 bits per heavy atom. The molecule has 3 N–H and O–H groups in total. The van der Waals surface area contributed by atoms with Gasteiger partial charge in [-0.05, 0) is 55.3 Å². The van der Waals surface area contributed by atoms with Crippen molar-refractivity contribution < 1.29 is 13.6 Å². The van der Waals surface area contributed by atoms with Crippen LogP contribution >= 0.6 is 0 Å². The summed E-state index contributed by atoms with van der Waals surface area (Å²) in [5.41, 5.74) is 9.70. The second-order valence-electron chi connectivity index (χ2n) is 8.65. The molecule has 10 nitrogen and oxygen atoms in total. The van der Waals surface area contributed by atoms with Gasteiger partial charge in [0.15, 0.2) is 5.84 Å². The van der Waals surface area contributed by atoms with Crippen molar-refractivity contribution in [3.8, 4) is 0 Å². The molecule has 0 unspecified atom stereocenters. The van der Waals surface area contributed by atoms with Gasteiger partial charge in [0.05, 0.1) is 35.2 Å². The van der Waals surface area contributed by atoms with Crippen molar-refractivity contribution in [2.45, 2.75) is 18.9 Å². The molecule has 1 atom stereocenters. The van der Waals surface area contributed by atoms with Crippen molar-refractivity contribution >= 4 is 28.6 Å². The van der Waals surface area contributed by atoms with Crippen LogP contribution in [0, 0.1) is 22.6 Å². The maximum Gasteiger partial charge on any atom is 0.259 e. The lowest BCUT2D eigenvalue weighted by atomic mass is 10.0. The number of halogens is 2. The van der Waals surface area contributed by atoms with E-state index in [4.69, 9.17) is 10.9 Å². The number of nitrogens with zero attached hydrogens (tertiary/aromatic N) is 6. The van der Waals surface area contributed by atoms with E-state index in [0.29, 0.717) is 41.0 Å². The molecule has 3 aromatic heterocycles. The van der Waals surface area contributed by atoms with Crippen LogP contribution in [0.2, 0.25) is 0 Å². The summed E-state index contributed by atoms with van der Waals surface area (Å²) < 4.78 is 30.0. The van der Waals surface area contributed by atoms with Crippen molar-refractivity contribution in [2.75, 3.05) is 23.8 Å². The lowest BCUT2D eigenvalue weighted by Gasteiger charge is -2.27. The molecule has 5 rings (SSSR count). The summed E-state index contributed by atoms with van der Waals surface area (Å²) in [5, 5.41) is 19.2. The summed E-state index contributed by atoms with van der Waals surface area (Å²) in [6.45, 7) is 0.669. The zero-order chi connectivity index (χ0) is 26.1. The molecule has 188 valence electrons. The number of fused-ring (bicyclic) bond motifs is 1. The van der Waals surface area contributed by atoms with Gasteiger partial charge in [-0.15, -0.1) is 0 Å². The van der Waals surface area contributed by atoms with Crippen LogP contribution in [0.3, 0.4) is 0 Å². The Bertz CT molecular complexity index is 1500. The molecule has 1 saturated heterocycles. The number of hydrogen-bond donors (Lipinski definition) is 3. The third-order valence-corrected chi connectivity index (χ3v) is 6.39. The van der Waals surface area contributed by atoms with E-state index in [9.17, 15) is 13.6 Å². The number of carbonyl (C=O) groups excluding carboxylic acids is 1. The van der Waals surface area contributed by atoms with Gasteiger partial charge in [-0.2, -0.15) is 10.6 Å². The second-order valence-corrected chi connectivity index (χ2v) is 8.65. The van der Waals surface area contributed by atoms with Crippen LogP contribution in [0.15, 0.2) is 66.3 Å². The molecule has 4 heterocycles. The first-order valence-electron chi connectivity index (χ1n) is 11.5. The molecular formula is C25H23F2N9O. The van der Waals surface area contributed by atoms with E-state index >= 15 is 0 Å². The van der Waals surface area contributed by atoms with Gasteiger partial charge >= 0.3 is 0 Å².